The van der Waals surface area contributed by atoms with Crippen molar-refractivity contribution in [3.05, 3.63) is 24.3 Å². The molecule has 2 saturated carbocycles. The summed E-state index contributed by atoms with van der Waals surface area (Å²) in [5, 5.41) is 0. The van der Waals surface area contributed by atoms with Gasteiger partial charge in [-0.2, -0.15) is 0 Å². The van der Waals surface area contributed by atoms with E-state index >= 15 is 0 Å². The number of ether oxygens (including phenoxy) is 6. The van der Waals surface area contributed by atoms with Crippen molar-refractivity contribution in [1.29, 1.82) is 0 Å². The number of carbonyl (C=O) groups excluding carboxylic acids is 4. The van der Waals surface area contributed by atoms with Gasteiger partial charge < -0.3 is 28.4 Å². The fourth-order valence-corrected chi connectivity index (χ4v) is 7.03. The maximum absolute atomic E-state index is 12.3. The second-order valence-electron chi connectivity index (χ2n) is 16.2. The molecule has 8 atom stereocenters. The lowest BCUT2D eigenvalue weighted by atomic mass is 10.1. The molecule has 0 aromatic rings. The van der Waals surface area contributed by atoms with E-state index in [4.69, 9.17) is 28.4 Å². The molecule has 0 spiro atoms. The van der Waals surface area contributed by atoms with E-state index in [0.717, 1.165) is 38.5 Å². The Hall–Kier alpha value is -2.48. The average molecular weight is 763 g/mol. The third-order valence-corrected chi connectivity index (χ3v) is 9.77. The molecule has 12 heteroatoms. The van der Waals surface area contributed by atoms with Crippen LogP contribution in [0.2, 0.25) is 0 Å². The maximum Gasteiger partial charge on any atom is 0.253 e. The van der Waals surface area contributed by atoms with Gasteiger partial charge in [-0.05, 0) is 49.9 Å². The Labute approximate surface area is 324 Å². The molecular formula is C42H70N2O10. The SMILES string of the molecule is CC(C)CO[C@@H]1[C@@H](OCC(C)C)[C@@H](N2C(=O)C=CC2=O)C[C@@H]1OCC(C)C.CCCCO[C@@H]1[C@@H](OCCCC)[C@@H](N2C(=O)C=CC2=O)C[C@@H]1OCCCC. The highest BCUT2D eigenvalue weighted by Crippen LogP contribution is 2.36. The van der Waals surface area contributed by atoms with Crippen LogP contribution in [-0.2, 0) is 47.6 Å². The fraction of sp³-hybridized carbons (Fsp3) is 0.810. The summed E-state index contributed by atoms with van der Waals surface area (Å²) in [6, 6.07) is -0.705. The van der Waals surface area contributed by atoms with Crippen LogP contribution in [-0.4, -0.2) is 122 Å². The van der Waals surface area contributed by atoms with E-state index in [0.29, 0.717) is 70.2 Å². The third-order valence-electron chi connectivity index (χ3n) is 9.77. The van der Waals surface area contributed by atoms with E-state index in [9.17, 15) is 19.2 Å². The molecule has 4 aliphatic rings. The highest BCUT2D eigenvalue weighted by molar-refractivity contribution is 6.13. The van der Waals surface area contributed by atoms with E-state index in [1.54, 1.807) is 0 Å². The van der Waals surface area contributed by atoms with Crippen LogP contribution in [0.15, 0.2) is 24.3 Å². The number of hydrogen-bond acceptors (Lipinski definition) is 10. The zero-order valence-corrected chi connectivity index (χ0v) is 34.5. The van der Waals surface area contributed by atoms with Crippen molar-refractivity contribution in [2.45, 2.75) is 162 Å². The van der Waals surface area contributed by atoms with Crippen molar-refractivity contribution >= 4 is 23.6 Å². The largest absolute Gasteiger partial charge is 0.375 e. The molecule has 2 aliphatic heterocycles. The summed E-state index contributed by atoms with van der Waals surface area (Å²) in [5.74, 6) is 0.00528. The Morgan fingerprint density at radius 3 is 1.20 bits per heavy atom. The number of rotatable bonds is 23. The molecule has 0 bridgehead atoms. The second-order valence-corrected chi connectivity index (χ2v) is 16.2. The fourth-order valence-electron chi connectivity index (χ4n) is 7.03. The zero-order chi connectivity index (χ0) is 39.8. The molecule has 12 nitrogen and oxygen atoms in total. The molecule has 0 aromatic carbocycles. The Morgan fingerprint density at radius 2 is 0.796 bits per heavy atom. The van der Waals surface area contributed by atoms with Gasteiger partial charge in [-0.3, -0.25) is 29.0 Å². The second kappa shape index (κ2) is 23.6. The Kier molecular flexibility index (Phi) is 20.0. The smallest absolute Gasteiger partial charge is 0.253 e. The third kappa shape index (κ3) is 13.3. The van der Waals surface area contributed by atoms with Crippen LogP contribution in [0.3, 0.4) is 0 Å². The van der Waals surface area contributed by atoms with Gasteiger partial charge >= 0.3 is 0 Å². The average Bonchev–Trinajstić information content (AvgIpc) is 3.84. The summed E-state index contributed by atoms with van der Waals surface area (Å²) in [6.45, 7) is 22.5. The summed E-state index contributed by atoms with van der Waals surface area (Å²) in [7, 11) is 0. The number of amides is 4. The summed E-state index contributed by atoms with van der Waals surface area (Å²) in [4.78, 5) is 51.7. The van der Waals surface area contributed by atoms with Crippen molar-refractivity contribution in [2.24, 2.45) is 17.8 Å². The summed E-state index contributed by atoms with van der Waals surface area (Å²) < 4.78 is 37.0. The molecule has 54 heavy (non-hydrogen) atoms. The first-order chi connectivity index (χ1) is 25.8. The minimum Gasteiger partial charge on any atom is -0.375 e. The predicted molar refractivity (Wildman–Crippen MR) is 206 cm³/mol. The lowest BCUT2D eigenvalue weighted by molar-refractivity contribution is -0.149. The number of carbonyl (C=O) groups is 4. The van der Waals surface area contributed by atoms with Gasteiger partial charge in [0.05, 0.1) is 24.3 Å². The highest BCUT2D eigenvalue weighted by Gasteiger charge is 2.52. The van der Waals surface area contributed by atoms with E-state index in [1.807, 2.05) is 0 Å². The molecule has 0 saturated heterocycles. The van der Waals surface area contributed by atoms with Gasteiger partial charge in [-0.15, -0.1) is 0 Å². The molecule has 2 aliphatic carbocycles. The van der Waals surface area contributed by atoms with Crippen LogP contribution in [0.4, 0.5) is 0 Å². The zero-order valence-electron chi connectivity index (χ0n) is 34.5. The standard InChI is InChI=1S/2C21H35NO5/c1-13(2)10-25-17-9-16(22-18(23)7-8-19(22)24)20(26-11-14(3)4)21(17)27-12-15(5)6;1-4-7-12-25-17-15-16(22-18(23)10-11-19(22)24)20(26-13-8-5-2)21(17)27-14-9-6-3/h7-8,13-17,20-21H,9-12H2,1-6H3;10-11,16-17,20-21H,4-9,12-15H2,1-3H3/t2*16-,17-,20-,21-/m00/s1. The Bertz CT molecular complexity index is 1200. The van der Waals surface area contributed by atoms with Crippen molar-refractivity contribution < 1.29 is 47.6 Å². The van der Waals surface area contributed by atoms with Crippen molar-refractivity contribution in [3.63, 3.8) is 0 Å². The van der Waals surface area contributed by atoms with Gasteiger partial charge in [0.25, 0.3) is 23.6 Å². The first-order valence-electron chi connectivity index (χ1n) is 20.6. The van der Waals surface area contributed by atoms with Gasteiger partial charge in [-0.25, -0.2) is 0 Å². The van der Waals surface area contributed by atoms with Crippen LogP contribution in [0.5, 0.6) is 0 Å². The van der Waals surface area contributed by atoms with E-state index in [-0.39, 0.29) is 72.3 Å². The molecule has 0 N–H and O–H groups in total. The lowest BCUT2D eigenvalue weighted by Gasteiger charge is -2.31. The minimum absolute atomic E-state index is 0.161. The highest BCUT2D eigenvalue weighted by atomic mass is 16.6. The van der Waals surface area contributed by atoms with Crippen molar-refractivity contribution in [2.75, 3.05) is 39.6 Å². The Balaban J connectivity index is 0.000000290. The van der Waals surface area contributed by atoms with Crippen molar-refractivity contribution in [3.8, 4) is 0 Å². The quantitative estimate of drug-likeness (QED) is 0.0897. The number of hydrogen-bond donors (Lipinski definition) is 0. The summed E-state index contributed by atoms with van der Waals surface area (Å²) >= 11 is 0. The van der Waals surface area contributed by atoms with Crippen LogP contribution >= 0.6 is 0 Å². The van der Waals surface area contributed by atoms with E-state index < -0.39 is 0 Å². The predicted octanol–water partition coefficient (Wildman–Crippen LogP) is 6.05. The van der Waals surface area contributed by atoms with Gasteiger partial charge in [0.2, 0.25) is 0 Å². The molecule has 2 heterocycles. The van der Waals surface area contributed by atoms with Crippen LogP contribution in [0, 0.1) is 17.8 Å². The molecule has 308 valence electrons. The Morgan fingerprint density at radius 1 is 0.481 bits per heavy atom. The summed E-state index contributed by atoms with van der Waals surface area (Å²) in [6.07, 6.45) is 10.8. The number of imide groups is 2. The molecule has 4 amide bonds. The van der Waals surface area contributed by atoms with E-state index in [1.165, 1.54) is 34.1 Å². The van der Waals surface area contributed by atoms with Crippen LogP contribution in [0.25, 0.3) is 0 Å². The monoisotopic (exact) mass is 763 g/mol. The van der Waals surface area contributed by atoms with Gasteiger partial charge in [0.15, 0.2) is 0 Å². The molecular weight excluding hydrogens is 692 g/mol. The lowest BCUT2D eigenvalue weighted by Crippen LogP contribution is -2.49. The van der Waals surface area contributed by atoms with Gasteiger partial charge in [0, 0.05) is 63.9 Å². The maximum atomic E-state index is 12.3. The summed E-state index contributed by atoms with van der Waals surface area (Å²) in [5.41, 5.74) is 0. The van der Waals surface area contributed by atoms with Crippen LogP contribution in [0.1, 0.15) is 114 Å². The van der Waals surface area contributed by atoms with Crippen LogP contribution < -0.4 is 0 Å². The van der Waals surface area contributed by atoms with Gasteiger partial charge in [0.1, 0.15) is 24.4 Å². The van der Waals surface area contributed by atoms with E-state index in [2.05, 4.69) is 62.3 Å². The first kappa shape index (κ1) is 45.9. The molecule has 2 fully saturated rings. The number of unbranched alkanes of at least 4 members (excludes halogenated alkanes) is 3. The molecule has 0 aromatic heterocycles. The number of nitrogens with zero attached hydrogens (tertiary/aromatic N) is 2. The minimum atomic E-state index is -0.379. The molecule has 0 unspecified atom stereocenters. The first-order valence-corrected chi connectivity index (χ1v) is 20.6. The van der Waals surface area contributed by atoms with Crippen molar-refractivity contribution in [1.82, 2.24) is 9.80 Å². The molecule has 4 rings (SSSR count). The molecule has 0 radical (unpaired) electrons. The topological polar surface area (TPSA) is 130 Å². The van der Waals surface area contributed by atoms with Gasteiger partial charge in [-0.1, -0.05) is 81.6 Å². The normalized spacial score (nSPS) is 28.2.